The van der Waals surface area contributed by atoms with E-state index >= 15 is 0 Å². The lowest BCUT2D eigenvalue weighted by Gasteiger charge is -2.11. The molecule has 3 aromatic carbocycles. The second kappa shape index (κ2) is 9.74. The Morgan fingerprint density at radius 3 is 2.73 bits per heavy atom. The molecule has 0 saturated heterocycles. The van der Waals surface area contributed by atoms with Crippen molar-refractivity contribution in [3.63, 3.8) is 0 Å². The zero-order valence-electron chi connectivity index (χ0n) is 18.1. The lowest BCUT2D eigenvalue weighted by Crippen LogP contribution is -2.15. The molecule has 33 heavy (non-hydrogen) atoms. The van der Waals surface area contributed by atoms with Gasteiger partial charge < -0.3 is 19.7 Å². The highest BCUT2D eigenvalue weighted by atomic mass is 32.2. The molecule has 2 N–H and O–H groups in total. The number of rotatable bonds is 8. The Labute approximate surface area is 194 Å². The van der Waals surface area contributed by atoms with Crippen molar-refractivity contribution in [2.24, 2.45) is 7.05 Å². The SMILES string of the molecule is Cc1c(OCc2nnc(SCC(=O)Nc3cccc(C(=O)O)c3)n2C)ccc2ccccc12. The highest BCUT2D eigenvalue weighted by Gasteiger charge is 2.14. The fourth-order valence-corrected chi connectivity index (χ4v) is 4.09. The quantitative estimate of drug-likeness (QED) is 0.376. The number of carboxylic acid groups (broad SMARTS) is 1. The predicted octanol–water partition coefficient (Wildman–Crippen LogP) is 4.28. The second-order valence-corrected chi connectivity index (χ2v) is 8.32. The summed E-state index contributed by atoms with van der Waals surface area (Å²) in [6.45, 7) is 2.28. The number of nitrogens with one attached hydrogen (secondary N) is 1. The van der Waals surface area contributed by atoms with Crippen LogP contribution in [0.25, 0.3) is 10.8 Å². The number of carboxylic acids is 1. The van der Waals surface area contributed by atoms with Gasteiger partial charge in [-0.15, -0.1) is 10.2 Å². The van der Waals surface area contributed by atoms with Crippen LogP contribution < -0.4 is 10.1 Å². The molecule has 9 heteroatoms. The van der Waals surface area contributed by atoms with Gasteiger partial charge >= 0.3 is 5.97 Å². The maximum atomic E-state index is 12.3. The maximum absolute atomic E-state index is 12.3. The average molecular weight is 463 g/mol. The van der Waals surface area contributed by atoms with Crippen LogP contribution in [-0.2, 0) is 18.4 Å². The molecule has 0 spiro atoms. The van der Waals surface area contributed by atoms with Gasteiger partial charge in [0.1, 0.15) is 12.4 Å². The summed E-state index contributed by atoms with van der Waals surface area (Å²) in [5.41, 5.74) is 1.60. The van der Waals surface area contributed by atoms with E-state index in [1.807, 2.05) is 38.2 Å². The van der Waals surface area contributed by atoms with Crippen molar-refractivity contribution in [1.29, 1.82) is 0 Å². The number of hydrogen-bond acceptors (Lipinski definition) is 6. The van der Waals surface area contributed by atoms with Crippen molar-refractivity contribution in [1.82, 2.24) is 14.8 Å². The molecule has 0 aliphatic rings. The van der Waals surface area contributed by atoms with Crippen molar-refractivity contribution in [3.05, 3.63) is 77.6 Å². The van der Waals surface area contributed by atoms with Gasteiger partial charge in [0, 0.05) is 12.7 Å². The Hall–Kier alpha value is -3.85. The molecule has 1 aromatic heterocycles. The Bertz CT molecular complexity index is 1340. The molecule has 0 saturated carbocycles. The summed E-state index contributed by atoms with van der Waals surface area (Å²) in [6, 6.07) is 18.2. The number of carbonyl (C=O) groups is 2. The van der Waals surface area contributed by atoms with Crippen molar-refractivity contribution in [2.75, 3.05) is 11.1 Å². The Kier molecular flexibility index (Phi) is 6.60. The molecule has 0 aliphatic heterocycles. The molecule has 0 atom stereocenters. The van der Waals surface area contributed by atoms with Crippen LogP contribution in [0.3, 0.4) is 0 Å². The average Bonchev–Trinajstić information content (AvgIpc) is 3.17. The van der Waals surface area contributed by atoms with Crippen LogP contribution in [0.4, 0.5) is 5.69 Å². The fraction of sp³-hybridized carbons (Fsp3) is 0.167. The summed E-state index contributed by atoms with van der Waals surface area (Å²) < 4.78 is 7.79. The first kappa shape index (κ1) is 22.3. The van der Waals surface area contributed by atoms with Gasteiger partial charge in [-0.3, -0.25) is 4.79 Å². The number of ether oxygens (including phenoxy) is 1. The third-order valence-corrected chi connectivity index (χ3v) is 6.18. The topological polar surface area (TPSA) is 106 Å². The van der Waals surface area contributed by atoms with Crippen molar-refractivity contribution < 1.29 is 19.4 Å². The highest BCUT2D eigenvalue weighted by molar-refractivity contribution is 7.99. The number of aromatic nitrogens is 3. The van der Waals surface area contributed by atoms with Gasteiger partial charge in [-0.05, 0) is 47.5 Å². The van der Waals surface area contributed by atoms with E-state index in [2.05, 4.69) is 27.6 Å². The van der Waals surface area contributed by atoms with Crippen molar-refractivity contribution in [3.8, 4) is 5.75 Å². The molecule has 168 valence electrons. The molecular formula is C24H22N4O4S. The number of aryl methyl sites for hydroxylation is 1. The molecule has 0 bridgehead atoms. The summed E-state index contributed by atoms with van der Waals surface area (Å²) in [7, 11) is 1.82. The normalized spacial score (nSPS) is 10.8. The third-order valence-electron chi connectivity index (χ3n) is 5.16. The molecule has 4 rings (SSSR count). The Morgan fingerprint density at radius 2 is 1.91 bits per heavy atom. The van der Waals surface area contributed by atoms with E-state index in [-0.39, 0.29) is 23.8 Å². The van der Waals surface area contributed by atoms with Crippen LogP contribution in [0.15, 0.2) is 65.8 Å². The predicted molar refractivity (Wildman–Crippen MR) is 127 cm³/mol. The second-order valence-electron chi connectivity index (χ2n) is 7.38. The summed E-state index contributed by atoms with van der Waals surface area (Å²) in [5, 5.41) is 23.0. The highest BCUT2D eigenvalue weighted by Crippen LogP contribution is 2.28. The minimum atomic E-state index is -1.05. The number of benzene rings is 3. The summed E-state index contributed by atoms with van der Waals surface area (Å²) in [6.07, 6.45) is 0. The first-order chi connectivity index (χ1) is 15.9. The number of fused-ring (bicyclic) bond motifs is 1. The van der Waals surface area contributed by atoms with Gasteiger partial charge in [0.15, 0.2) is 11.0 Å². The van der Waals surface area contributed by atoms with Crippen molar-refractivity contribution in [2.45, 2.75) is 18.7 Å². The number of thioether (sulfide) groups is 1. The molecule has 0 aliphatic carbocycles. The number of aromatic carboxylic acids is 1. The van der Waals surface area contributed by atoms with E-state index in [9.17, 15) is 9.59 Å². The van der Waals surface area contributed by atoms with Gasteiger partial charge in [-0.25, -0.2) is 4.79 Å². The Balaban J connectivity index is 1.35. The molecule has 1 heterocycles. The molecular weight excluding hydrogens is 440 g/mol. The van der Waals surface area contributed by atoms with Crippen molar-refractivity contribution >= 4 is 40.1 Å². The van der Waals surface area contributed by atoms with E-state index in [0.717, 1.165) is 22.1 Å². The first-order valence-electron chi connectivity index (χ1n) is 10.2. The molecule has 0 radical (unpaired) electrons. The van der Waals surface area contributed by atoms with Crippen LogP contribution in [0.2, 0.25) is 0 Å². The molecule has 0 fully saturated rings. The largest absolute Gasteiger partial charge is 0.485 e. The number of nitrogens with zero attached hydrogens (tertiary/aromatic N) is 3. The molecule has 4 aromatic rings. The van der Waals surface area contributed by atoms with E-state index in [0.29, 0.717) is 16.7 Å². The van der Waals surface area contributed by atoms with E-state index < -0.39 is 5.97 Å². The fourth-order valence-electron chi connectivity index (χ4n) is 3.36. The van der Waals surface area contributed by atoms with E-state index in [4.69, 9.17) is 9.84 Å². The number of amides is 1. The van der Waals surface area contributed by atoms with Gasteiger partial charge in [-0.2, -0.15) is 0 Å². The molecule has 1 amide bonds. The Morgan fingerprint density at radius 1 is 1.09 bits per heavy atom. The van der Waals surface area contributed by atoms with Crippen LogP contribution in [-0.4, -0.2) is 37.5 Å². The number of hydrogen-bond donors (Lipinski definition) is 2. The zero-order valence-corrected chi connectivity index (χ0v) is 18.9. The lowest BCUT2D eigenvalue weighted by atomic mass is 10.0. The first-order valence-corrected chi connectivity index (χ1v) is 11.2. The maximum Gasteiger partial charge on any atom is 0.335 e. The monoisotopic (exact) mass is 462 g/mol. The van der Waals surface area contributed by atoms with Crippen LogP contribution in [0.1, 0.15) is 21.7 Å². The van der Waals surface area contributed by atoms with E-state index in [1.54, 1.807) is 16.7 Å². The summed E-state index contributed by atoms with van der Waals surface area (Å²) >= 11 is 1.24. The number of carbonyl (C=O) groups excluding carboxylic acids is 1. The standard InChI is InChI=1S/C24H22N4O4S/c1-15-19-9-4-3-6-16(19)10-11-20(15)32-13-21-26-27-24(28(21)2)33-14-22(29)25-18-8-5-7-17(12-18)23(30)31/h3-12H,13-14H2,1-2H3,(H,25,29)(H,30,31). The van der Waals surface area contributed by atoms with E-state index in [1.165, 1.54) is 23.9 Å². The smallest absolute Gasteiger partial charge is 0.335 e. The minimum absolute atomic E-state index is 0.105. The van der Waals surface area contributed by atoms with Crippen LogP contribution >= 0.6 is 11.8 Å². The lowest BCUT2D eigenvalue weighted by molar-refractivity contribution is -0.113. The summed E-state index contributed by atoms with van der Waals surface area (Å²) in [4.78, 5) is 23.3. The van der Waals surface area contributed by atoms with Gasteiger partial charge in [0.25, 0.3) is 0 Å². The molecule has 8 nitrogen and oxygen atoms in total. The zero-order chi connectivity index (χ0) is 23.4. The summed E-state index contributed by atoms with van der Waals surface area (Å²) in [5.74, 6) is 0.213. The van der Waals surface area contributed by atoms with Gasteiger partial charge in [0.05, 0.1) is 11.3 Å². The van der Waals surface area contributed by atoms with Gasteiger partial charge in [-0.1, -0.05) is 48.2 Å². The third kappa shape index (κ3) is 5.15. The van der Waals surface area contributed by atoms with Gasteiger partial charge in [0.2, 0.25) is 5.91 Å². The van der Waals surface area contributed by atoms with Crippen LogP contribution in [0, 0.1) is 6.92 Å². The number of anilines is 1. The molecule has 0 unspecified atom stereocenters. The minimum Gasteiger partial charge on any atom is -0.485 e. The van der Waals surface area contributed by atoms with Crippen LogP contribution in [0.5, 0.6) is 5.75 Å².